The molecule has 0 aliphatic heterocycles. The van der Waals surface area contributed by atoms with Gasteiger partial charge in [0.15, 0.2) is 0 Å². The van der Waals surface area contributed by atoms with E-state index in [1.54, 1.807) is 24.3 Å². The third-order valence-corrected chi connectivity index (χ3v) is 3.23. The Bertz CT molecular complexity index is 636. The number of nitrogens with one attached hydrogen (secondary N) is 1. The number of nitrogens with zero attached hydrogens (tertiary/aromatic N) is 2. The second-order valence-electron chi connectivity index (χ2n) is 3.70. The summed E-state index contributed by atoms with van der Waals surface area (Å²) >= 11 is 17.6. The highest BCUT2D eigenvalue weighted by molar-refractivity contribution is 6.38. The van der Waals surface area contributed by atoms with Crippen molar-refractivity contribution in [1.82, 2.24) is 10.4 Å². The summed E-state index contributed by atoms with van der Waals surface area (Å²) in [5, 5.41) is 5.02. The number of hydrogen-bond donors (Lipinski definition) is 1. The first-order valence-corrected chi connectivity index (χ1v) is 6.60. The van der Waals surface area contributed by atoms with Gasteiger partial charge in [0.2, 0.25) is 0 Å². The standard InChI is InChI=1S/C13H8Cl3N3O/c14-10-2-1-3-11(15)9(10)7-18-19-13(20)8-4-5-12(16)17-6-8/h1-7H,(H,19,20). The minimum Gasteiger partial charge on any atom is -0.267 e. The molecule has 0 saturated heterocycles. The molecule has 0 bridgehead atoms. The van der Waals surface area contributed by atoms with Crippen molar-refractivity contribution >= 4 is 46.9 Å². The highest BCUT2D eigenvalue weighted by Gasteiger charge is 2.05. The normalized spacial score (nSPS) is 10.8. The van der Waals surface area contributed by atoms with Crippen LogP contribution < -0.4 is 5.43 Å². The Morgan fingerprint density at radius 3 is 2.45 bits per heavy atom. The molecule has 20 heavy (non-hydrogen) atoms. The maximum absolute atomic E-state index is 11.7. The van der Waals surface area contributed by atoms with Crippen molar-refractivity contribution in [2.45, 2.75) is 0 Å². The fraction of sp³-hybridized carbons (Fsp3) is 0. The van der Waals surface area contributed by atoms with Gasteiger partial charge in [0.1, 0.15) is 5.15 Å². The minimum atomic E-state index is -0.409. The fourth-order valence-electron chi connectivity index (χ4n) is 1.36. The van der Waals surface area contributed by atoms with Gasteiger partial charge in [0.05, 0.1) is 21.8 Å². The predicted octanol–water partition coefficient (Wildman–Crippen LogP) is 3.81. The number of pyridine rings is 1. The number of hydrogen-bond acceptors (Lipinski definition) is 3. The molecule has 1 N–H and O–H groups in total. The summed E-state index contributed by atoms with van der Waals surface area (Å²) in [5.41, 5.74) is 3.23. The maximum atomic E-state index is 11.7. The summed E-state index contributed by atoms with van der Waals surface area (Å²) in [4.78, 5) is 15.5. The van der Waals surface area contributed by atoms with E-state index < -0.39 is 5.91 Å². The summed E-state index contributed by atoms with van der Waals surface area (Å²) in [6, 6.07) is 8.15. The Labute approximate surface area is 130 Å². The van der Waals surface area contributed by atoms with Crippen molar-refractivity contribution in [1.29, 1.82) is 0 Å². The summed E-state index contributed by atoms with van der Waals surface area (Å²) in [6.07, 6.45) is 2.74. The van der Waals surface area contributed by atoms with E-state index in [4.69, 9.17) is 34.8 Å². The number of rotatable bonds is 3. The number of amides is 1. The average molecular weight is 329 g/mol. The van der Waals surface area contributed by atoms with Gasteiger partial charge in [0, 0.05) is 11.8 Å². The van der Waals surface area contributed by atoms with Gasteiger partial charge in [-0.3, -0.25) is 4.79 Å². The van der Waals surface area contributed by atoms with E-state index in [9.17, 15) is 4.79 Å². The average Bonchev–Trinajstić information content (AvgIpc) is 2.42. The van der Waals surface area contributed by atoms with Crippen LogP contribution >= 0.6 is 34.8 Å². The van der Waals surface area contributed by atoms with Gasteiger partial charge in [-0.25, -0.2) is 10.4 Å². The largest absolute Gasteiger partial charge is 0.272 e. The molecule has 0 aliphatic rings. The van der Waals surface area contributed by atoms with Gasteiger partial charge in [-0.15, -0.1) is 0 Å². The molecule has 1 amide bonds. The number of carbonyl (C=O) groups is 1. The van der Waals surface area contributed by atoms with Crippen LogP contribution in [0, 0.1) is 0 Å². The molecule has 0 aliphatic carbocycles. The van der Waals surface area contributed by atoms with E-state index in [1.807, 2.05) is 0 Å². The first-order chi connectivity index (χ1) is 9.58. The van der Waals surface area contributed by atoms with Crippen LogP contribution in [0.1, 0.15) is 15.9 Å². The van der Waals surface area contributed by atoms with Crippen molar-refractivity contribution in [2.24, 2.45) is 5.10 Å². The zero-order valence-corrected chi connectivity index (χ0v) is 12.2. The Morgan fingerprint density at radius 1 is 1.15 bits per heavy atom. The second kappa shape index (κ2) is 6.70. The number of carbonyl (C=O) groups excluding carboxylic acids is 1. The van der Waals surface area contributed by atoms with Gasteiger partial charge in [-0.2, -0.15) is 5.10 Å². The van der Waals surface area contributed by atoms with E-state index in [0.717, 1.165) is 0 Å². The van der Waals surface area contributed by atoms with E-state index in [0.29, 0.717) is 26.3 Å². The van der Waals surface area contributed by atoms with E-state index in [2.05, 4.69) is 15.5 Å². The van der Waals surface area contributed by atoms with Crippen LogP contribution in [0.25, 0.3) is 0 Å². The van der Waals surface area contributed by atoms with Crippen molar-refractivity contribution in [3.8, 4) is 0 Å². The fourth-order valence-corrected chi connectivity index (χ4v) is 1.97. The van der Waals surface area contributed by atoms with Crippen LogP contribution in [0.5, 0.6) is 0 Å². The summed E-state index contributed by atoms with van der Waals surface area (Å²) in [6.45, 7) is 0. The number of hydrazone groups is 1. The molecular weight excluding hydrogens is 321 g/mol. The lowest BCUT2D eigenvalue weighted by molar-refractivity contribution is 0.0955. The molecule has 7 heteroatoms. The van der Waals surface area contributed by atoms with E-state index in [-0.39, 0.29) is 0 Å². The number of benzene rings is 1. The quantitative estimate of drug-likeness (QED) is 0.529. The monoisotopic (exact) mass is 327 g/mol. The smallest absolute Gasteiger partial charge is 0.267 e. The third-order valence-electron chi connectivity index (χ3n) is 2.35. The molecule has 1 aromatic carbocycles. The molecule has 1 aromatic heterocycles. The van der Waals surface area contributed by atoms with Crippen molar-refractivity contribution in [2.75, 3.05) is 0 Å². The van der Waals surface area contributed by atoms with Crippen molar-refractivity contribution in [3.63, 3.8) is 0 Å². The molecular formula is C13H8Cl3N3O. The second-order valence-corrected chi connectivity index (χ2v) is 4.91. The van der Waals surface area contributed by atoms with Gasteiger partial charge in [0.25, 0.3) is 5.91 Å². The van der Waals surface area contributed by atoms with Gasteiger partial charge in [-0.05, 0) is 24.3 Å². The first-order valence-electron chi connectivity index (χ1n) is 5.47. The predicted molar refractivity (Wildman–Crippen MR) is 80.8 cm³/mol. The Morgan fingerprint density at radius 2 is 1.85 bits per heavy atom. The lowest BCUT2D eigenvalue weighted by Gasteiger charge is -2.01. The molecule has 1 heterocycles. The van der Waals surface area contributed by atoms with Crippen LogP contribution in [0.3, 0.4) is 0 Å². The number of aromatic nitrogens is 1. The zero-order chi connectivity index (χ0) is 14.5. The topological polar surface area (TPSA) is 54.4 Å². The highest BCUT2D eigenvalue weighted by atomic mass is 35.5. The number of halogens is 3. The van der Waals surface area contributed by atoms with Crippen LogP contribution in [0.15, 0.2) is 41.6 Å². The minimum absolute atomic E-state index is 0.313. The molecule has 0 radical (unpaired) electrons. The molecule has 0 fully saturated rings. The highest BCUT2D eigenvalue weighted by Crippen LogP contribution is 2.21. The molecule has 0 atom stereocenters. The summed E-state index contributed by atoms with van der Waals surface area (Å²) < 4.78 is 0. The lowest BCUT2D eigenvalue weighted by Crippen LogP contribution is -2.17. The summed E-state index contributed by atoms with van der Waals surface area (Å²) in [7, 11) is 0. The van der Waals surface area contributed by atoms with E-state index in [1.165, 1.54) is 18.5 Å². The lowest BCUT2D eigenvalue weighted by atomic mass is 10.2. The third kappa shape index (κ3) is 3.70. The zero-order valence-electron chi connectivity index (χ0n) is 9.98. The Hall–Kier alpha value is -1.62. The van der Waals surface area contributed by atoms with E-state index >= 15 is 0 Å². The SMILES string of the molecule is O=C(NN=Cc1c(Cl)cccc1Cl)c1ccc(Cl)nc1. The molecule has 102 valence electrons. The van der Waals surface area contributed by atoms with Crippen LogP contribution in [-0.4, -0.2) is 17.1 Å². The maximum Gasteiger partial charge on any atom is 0.272 e. The van der Waals surface area contributed by atoms with Crippen molar-refractivity contribution in [3.05, 3.63) is 62.9 Å². The van der Waals surface area contributed by atoms with Crippen LogP contribution in [-0.2, 0) is 0 Å². The Balaban J connectivity index is 2.06. The van der Waals surface area contributed by atoms with Crippen LogP contribution in [0.2, 0.25) is 15.2 Å². The molecule has 0 spiro atoms. The van der Waals surface area contributed by atoms with Gasteiger partial charge in [-0.1, -0.05) is 40.9 Å². The molecule has 0 unspecified atom stereocenters. The molecule has 0 saturated carbocycles. The first kappa shape index (κ1) is 14.8. The molecule has 2 aromatic rings. The summed E-state index contributed by atoms with van der Waals surface area (Å²) in [5.74, 6) is -0.409. The van der Waals surface area contributed by atoms with Crippen molar-refractivity contribution < 1.29 is 4.79 Å². The van der Waals surface area contributed by atoms with Gasteiger partial charge < -0.3 is 0 Å². The Kier molecular flexibility index (Phi) is 4.95. The molecule has 2 rings (SSSR count). The molecule has 4 nitrogen and oxygen atoms in total. The van der Waals surface area contributed by atoms with Gasteiger partial charge >= 0.3 is 0 Å². The van der Waals surface area contributed by atoms with Crippen LogP contribution in [0.4, 0.5) is 0 Å².